The molecule has 4 nitrogen and oxygen atoms in total. The number of hydrogen-bond donors (Lipinski definition) is 0. The van der Waals surface area contributed by atoms with Crippen molar-refractivity contribution in [3.8, 4) is 5.75 Å². The van der Waals surface area contributed by atoms with Gasteiger partial charge in [0.05, 0.1) is 0 Å². The lowest BCUT2D eigenvalue weighted by Gasteiger charge is -2.34. The van der Waals surface area contributed by atoms with E-state index in [1.807, 2.05) is 47.4 Å². The minimum atomic E-state index is -0.210. The van der Waals surface area contributed by atoms with Gasteiger partial charge in [0.2, 0.25) is 0 Å². The van der Waals surface area contributed by atoms with Crippen LogP contribution in [0.15, 0.2) is 72.8 Å². The van der Waals surface area contributed by atoms with Crippen LogP contribution in [0.1, 0.15) is 34.0 Å². The number of benzene rings is 3. The predicted molar refractivity (Wildman–Crippen MR) is 124 cm³/mol. The van der Waals surface area contributed by atoms with Crippen LogP contribution in [0.2, 0.25) is 0 Å². The number of carbonyl (C=O) groups is 1. The zero-order valence-electron chi connectivity index (χ0n) is 18.5. The number of amides is 1. The van der Waals surface area contributed by atoms with E-state index in [0.717, 1.165) is 36.4 Å². The number of halogens is 1. The molecule has 0 unspecified atom stereocenters. The molecule has 1 amide bonds. The second-order valence-corrected chi connectivity index (χ2v) is 8.18. The van der Waals surface area contributed by atoms with Gasteiger partial charge in [-0.05, 0) is 59.5 Å². The quantitative estimate of drug-likeness (QED) is 0.531. The summed E-state index contributed by atoms with van der Waals surface area (Å²) in [6.45, 7) is 6.14. The molecule has 4 rings (SSSR count). The first kappa shape index (κ1) is 22.0. The van der Waals surface area contributed by atoms with E-state index in [2.05, 4.69) is 24.0 Å². The summed E-state index contributed by atoms with van der Waals surface area (Å²) < 4.78 is 19.3. The van der Waals surface area contributed by atoms with Crippen molar-refractivity contribution in [3.05, 3.63) is 101 Å². The van der Waals surface area contributed by atoms with Crippen LogP contribution in [0.5, 0.6) is 5.75 Å². The van der Waals surface area contributed by atoms with Gasteiger partial charge >= 0.3 is 0 Å². The third-order valence-electron chi connectivity index (χ3n) is 5.87. The molecule has 0 radical (unpaired) electrons. The van der Waals surface area contributed by atoms with Crippen molar-refractivity contribution in [1.82, 2.24) is 9.80 Å². The predicted octanol–water partition coefficient (Wildman–Crippen LogP) is 4.93. The molecule has 1 saturated heterocycles. The molecule has 1 fully saturated rings. The van der Waals surface area contributed by atoms with Gasteiger partial charge in [-0.25, -0.2) is 4.39 Å². The fraction of sp³-hybridized carbons (Fsp3) is 0.296. The minimum absolute atomic E-state index is 0.0459. The molecule has 0 spiro atoms. The van der Waals surface area contributed by atoms with Crippen molar-refractivity contribution in [1.29, 1.82) is 0 Å². The molecule has 1 aliphatic heterocycles. The van der Waals surface area contributed by atoms with Crippen molar-refractivity contribution in [3.63, 3.8) is 0 Å². The fourth-order valence-corrected chi connectivity index (χ4v) is 3.97. The molecule has 0 saturated carbocycles. The second-order valence-electron chi connectivity index (χ2n) is 8.18. The van der Waals surface area contributed by atoms with Gasteiger partial charge < -0.3 is 9.64 Å². The van der Waals surface area contributed by atoms with Crippen LogP contribution in [-0.2, 0) is 19.6 Å². The monoisotopic (exact) mass is 432 g/mol. The smallest absolute Gasteiger partial charge is 0.253 e. The molecule has 5 heteroatoms. The molecule has 0 bridgehead atoms. The van der Waals surface area contributed by atoms with E-state index >= 15 is 0 Å². The maximum Gasteiger partial charge on any atom is 0.253 e. The van der Waals surface area contributed by atoms with E-state index in [9.17, 15) is 9.18 Å². The Kier molecular flexibility index (Phi) is 7.17. The lowest BCUT2D eigenvalue weighted by Crippen LogP contribution is -2.48. The van der Waals surface area contributed by atoms with E-state index in [-0.39, 0.29) is 11.7 Å². The summed E-state index contributed by atoms with van der Waals surface area (Å²) in [7, 11) is 0. The summed E-state index contributed by atoms with van der Waals surface area (Å²) in [4.78, 5) is 17.2. The molecular weight excluding hydrogens is 403 g/mol. The SMILES string of the molecule is CCc1ccc(OCc2cccc(C(=O)N3CCN(Cc4cccc(F)c4)CC3)c2)cc1. The summed E-state index contributed by atoms with van der Waals surface area (Å²) in [6, 6.07) is 22.5. The van der Waals surface area contributed by atoms with Crippen molar-refractivity contribution in [2.45, 2.75) is 26.5 Å². The first-order chi connectivity index (χ1) is 15.6. The Morgan fingerprint density at radius 2 is 1.59 bits per heavy atom. The highest BCUT2D eigenvalue weighted by molar-refractivity contribution is 5.94. The van der Waals surface area contributed by atoms with Crippen LogP contribution < -0.4 is 4.74 Å². The summed E-state index contributed by atoms with van der Waals surface area (Å²) in [5.41, 5.74) is 3.90. The number of piperazine rings is 1. The molecule has 0 atom stereocenters. The highest BCUT2D eigenvalue weighted by atomic mass is 19.1. The van der Waals surface area contributed by atoms with Gasteiger partial charge in [-0.15, -0.1) is 0 Å². The lowest BCUT2D eigenvalue weighted by atomic mass is 10.1. The number of carbonyl (C=O) groups excluding carboxylic acids is 1. The Morgan fingerprint density at radius 3 is 2.31 bits per heavy atom. The summed E-state index contributed by atoms with van der Waals surface area (Å²) >= 11 is 0. The summed E-state index contributed by atoms with van der Waals surface area (Å²) in [5, 5.41) is 0. The Bertz CT molecular complexity index is 1040. The van der Waals surface area contributed by atoms with Crippen molar-refractivity contribution in [2.24, 2.45) is 0 Å². The molecule has 32 heavy (non-hydrogen) atoms. The van der Waals surface area contributed by atoms with Gasteiger partial charge in [-0.1, -0.05) is 43.3 Å². The Hall–Kier alpha value is -3.18. The van der Waals surface area contributed by atoms with Crippen LogP contribution in [0.25, 0.3) is 0 Å². The highest BCUT2D eigenvalue weighted by Gasteiger charge is 2.22. The molecule has 0 aromatic heterocycles. The maximum absolute atomic E-state index is 13.4. The average molecular weight is 433 g/mol. The third-order valence-corrected chi connectivity index (χ3v) is 5.87. The van der Waals surface area contributed by atoms with Crippen LogP contribution in [-0.4, -0.2) is 41.9 Å². The Labute approximate surface area is 189 Å². The largest absolute Gasteiger partial charge is 0.489 e. The second kappa shape index (κ2) is 10.4. The van der Waals surface area contributed by atoms with Crippen LogP contribution in [0.3, 0.4) is 0 Å². The van der Waals surface area contributed by atoms with Gasteiger partial charge in [-0.2, -0.15) is 0 Å². The molecule has 1 heterocycles. The first-order valence-electron chi connectivity index (χ1n) is 11.2. The molecule has 3 aromatic rings. The van der Waals surface area contributed by atoms with E-state index in [1.165, 1.54) is 11.6 Å². The Balaban J connectivity index is 1.30. The third kappa shape index (κ3) is 5.74. The number of rotatable bonds is 7. The number of nitrogens with zero attached hydrogens (tertiary/aromatic N) is 2. The average Bonchev–Trinajstić information content (AvgIpc) is 2.83. The molecule has 166 valence electrons. The van der Waals surface area contributed by atoms with E-state index in [0.29, 0.717) is 31.8 Å². The molecular formula is C27H29FN2O2. The molecule has 3 aromatic carbocycles. The van der Waals surface area contributed by atoms with Gasteiger partial charge in [0.15, 0.2) is 0 Å². The van der Waals surface area contributed by atoms with Crippen molar-refractivity contribution >= 4 is 5.91 Å². The van der Waals surface area contributed by atoms with E-state index in [1.54, 1.807) is 12.1 Å². The van der Waals surface area contributed by atoms with Crippen LogP contribution in [0, 0.1) is 5.82 Å². The lowest BCUT2D eigenvalue weighted by molar-refractivity contribution is 0.0628. The van der Waals surface area contributed by atoms with E-state index < -0.39 is 0 Å². The maximum atomic E-state index is 13.4. The fourth-order valence-electron chi connectivity index (χ4n) is 3.97. The first-order valence-corrected chi connectivity index (χ1v) is 11.2. The zero-order valence-corrected chi connectivity index (χ0v) is 18.5. The molecule has 1 aliphatic rings. The van der Waals surface area contributed by atoms with Gasteiger partial charge in [0.25, 0.3) is 5.91 Å². The van der Waals surface area contributed by atoms with E-state index in [4.69, 9.17) is 4.74 Å². The van der Waals surface area contributed by atoms with Gasteiger partial charge in [0, 0.05) is 38.3 Å². The summed E-state index contributed by atoms with van der Waals surface area (Å²) in [5.74, 6) is 0.663. The molecule has 0 N–H and O–H groups in total. The minimum Gasteiger partial charge on any atom is -0.489 e. The van der Waals surface area contributed by atoms with Crippen molar-refractivity contribution < 1.29 is 13.9 Å². The number of aryl methyl sites for hydroxylation is 1. The molecule has 0 aliphatic carbocycles. The van der Waals surface area contributed by atoms with Gasteiger partial charge in [0.1, 0.15) is 18.2 Å². The van der Waals surface area contributed by atoms with Crippen LogP contribution >= 0.6 is 0 Å². The van der Waals surface area contributed by atoms with Crippen LogP contribution in [0.4, 0.5) is 4.39 Å². The number of hydrogen-bond acceptors (Lipinski definition) is 3. The number of ether oxygens (including phenoxy) is 1. The van der Waals surface area contributed by atoms with Crippen molar-refractivity contribution in [2.75, 3.05) is 26.2 Å². The normalized spacial score (nSPS) is 14.4. The summed E-state index contributed by atoms with van der Waals surface area (Å²) in [6.07, 6.45) is 1.00. The van der Waals surface area contributed by atoms with Gasteiger partial charge in [-0.3, -0.25) is 9.69 Å². The Morgan fingerprint density at radius 1 is 0.875 bits per heavy atom. The standard InChI is InChI=1S/C27H29FN2O2/c1-2-21-9-11-26(12-10-21)32-20-23-6-3-7-24(17-23)27(31)30-15-13-29(14-16-30)19-22-5-4-8-25(28)18-22/h3-12,17-18H,2,13-16,19-20H2,1H3. The topological polar surface area (TPSA) is 32.8 Å². The highest BCUT2D eigenvalue weighted by Crippen LogP contribution is 2.17. The zero-order chi connectivity index (χ0) is 22.3.